The molecule has 0 radical (unpaired) electrons. The van der Waals surface area contributed by atoms with Crippen molar-refractivity contribution < 1.29 is 0 Å². The molecule has 126 valence electrons. The van der Waals surface area contributed by atoms with Crippen molar-refractivity contribution in [1.29, 1.82) is 0 Å². The van der Waals surface area contributed by atoms with Crippen molar-refractivity contribution in [3.63, 3.8) is 0 Å². The summed E-state index contributed by atoms with van der Waals surface area (Å²) < 4.78 is 1.43. The Hall–Kier alpha value is -1.31. The summed E-state index contributed by atoms with van der Waals surface area (Å²) in [6.45, 7) is 4.94. The first-order valence-electron chi connectivity index (χ1n) is 8.34. The van der Waals surface area contributed by atoms with Crippen molar-refractivity contribution in [2.75, 3.05) is 27.2 Å². The van der Waals surface area contributed by atoms with Crippen LogP contribution in [0.25, 0.3) is 4.96 Å². The lowest BCUT2D eigenvalue weighted by atomic mass is 10.1. The highest BCUT2D eigenvalue weighted by Gasteiger charge is 2.19. The van der Waals surface area contributed by atoms with Gasteiger partial charge in [0.1, 0.15) is 5.01 Å². The van der Waals surface area contributed by atoms with Crippen LogP contribution in [-0.2, 0) is 13.0 Å². The van der Waals surface area contributed by atoms with Gasteiger partial charge in [0.05, 0.1) is 5.69 Å². The number of hydrogen-bond donors (Lipinski definition) is 0. The van der Waals surface area contributed by atoms with Gasteiger partial charge in [-0.05, 0) is 46.3 Å². The molecule has 1 aliphatic heterocycles. The molecule has 1 saturated heterocycles. The Kier molecular flexibility index (Phi) is 5.08. The van der Waals surface area contributed by atoms with E-state index < -0.39 is 0 Å². The lowest BCUT2D eigenvalue weighted by Gasteiger charge is -2.23. The maximum Gasteiger partial charge on any atom is 0.275 e. The van der Waals surface area contributed by atoms with Crippen molar-refractivity contribution in [2.45, 2.75) is 45.2 Å². The molecule has 1 aliphatic rings. The third kappa shape index (κ3) is 3.79. The quantitative estimate of drug-likeness (QED) is 0.850. The zero-order valence-corrected chi connectivity index (χ0v) is 15.0. The van der Waals surface area contributed by atoms with Gasteiger partial charge in [-0.1, -0.05) is 18.3 Å². The van der Waals surface area contributed by atoms with Gasteiger partial charge in [0.2, 0.25) is 4.96 Å². The third-order valence-corrected chi connectivity index (χ3v) is 5.60. The molecule has 1 fully saturated rings. The van der Waals surface area contributed by atoms with E-state index in [9.17, 15) is 4.79 Å². The summed E-state index contributed by atoms with van der Waals surface area (Å²) >= 11 is 1.51. The highest BCUT2D eigenvalue weighted by atomic mass is 32.1. The van der Waals surface area contributed by atoms with Gasteiger partial charge in [-0.2, -0.15) is 9.61 Å². The molecule has 0 aliphatic carbocycles. The molecular formula is C16H25N5OS. The minimum atomic E-state index is -0.0676. The molecule has 3 rings (SSSR count). The van der Waals surface area contributed by atoms with Gasteiger partial charge < -0.3 is 4.90 Å². The number of likely N-dealkylation sites (tertiary alicyclic amines) is 1. The number of hydrogen-bond acceptors (Lipinski definition) is 6. The molecule has 3 heterocycles. The Labute approximate surface area is 140 Å². The van der Waals surface area contributed by atoms with Crippen LogP contribution >= 0.6 is 11.3 Å². The fraction of sp³-hybridized carbons (Fsp3) is 0.688. The van der Waals surface area contributed by atoms with E-state index in [1.165, 1.54) is 35.1 Å². The fourth-order valence-corrected chi connectivity index (χ4v) is 4.02. The van der Waals surface area contributed by atoms with Crippen molar-refractivity contribution >= 4 is 16.3 Å². The van der Waals surface area contributed by atoms with Crippen molar-refractivity contribution in [3.8, 4) is 0 Å². The zero-order valence-electron chi connectivity index (χ0n) is 14.2. The van der Waals surface area contributed by atoms with Crippen molar-refractivity contribution in [2.24, 2.45) is 0 Å². The van der Waals surface area contributed by atoms with Crippen molar-refractivity contribution in [1.82, 2.24) is 24.4 Å². The maximum absolute atomic E-state index is 12.2. The number of aryl methyl sites for hydroxylation is 1. The highest BCUT2D eigenvalue weighted by Crippen LogP contribution is 2.17. The normalized spacial score (nSPS) is 20.3. The second-order valence-corrected chi connectivity index (χ2v) is 7.49. The Bertz CT molecular complexity index is 723. The maximum atomic E-state index is 12.2. The van der Waals surface area contributed by atoms with Gasteiger partial charge in [-0.25, -0.2) is 4.98 Å². The van der Waals surface area contributed by atoms with Crippen molar-refractivity contribution in [3.05, 3.63) is 27.1 Å². The van der Waals surface area contributed by atoms with Crippen LogP contribution in [0.5, 0.6) is 0 Å². The molecule has 7 heteroatoms. The van der Waals surface area contributed by atoms with Gasteiger partial charge in [0.25, 0.3) is 5.56 Å². The van der Waals surface area contributed by atoms with Gasteiger partial charge >= 0.3 is 0 Å². The molecule has 2 aromatic rings. The SMILES string of the molecule is CCc1nn2c(=O)cc(CN3CCC[C@H](N(C)C)CC3)nc2s1. The summed E-state index contributed by atoms with van der Waals surface area (Å²) in [5.74, 6) is 0. The lowest BCUT2D eigenvalue weighted by molar-refractivity contribution is 0.244. The lowest BCUT2D eigenvalue weighted by Crippen LogP contribution is -2.30. The second kappa shape index (κ2) is 7.07. The van der Waals surface area contributed by atoms with Crippen LogP contribution in [-0.4, -0.2) is 57.6 Å². The molecule has 0 unspecified atom stereocenters. The number of aromatic nitrogens is 3. The standard InChI is InChI=1S/C16H25N5OS/c1-4-14-18-21-15(22)10-12(17-16(21)23-14)11-20-8-5-6-13(7-9-20)19(2)3/h10,13H,4-9,11H2,1-3H3/t13-/m0/s1. The number of nitrogens with zero attached hydrogens (tertiary/aromatic N) is 5. The van der Waals surface area contributed by atoms with E-state index in [-0.39, 0.29) is 5.56 Å². The topological polar surface area (TPSA) is 53.7 Å². The van der Waals surface area contributed by atoms with E-state index in [1.807, 2.05) is 6.92 Å². The molecule has 6 nitrogen and oxygen atoms in total. The summed E-state index contributed by atoms with van der Waals surface area (Å²) in [7, 11) is 4.32. The summed E-state index contributed by atoms with van der Waals surface area (Å²) in [5.41, 5.74) is 0.798. The average Bonchev–Trinajstić information content (AvgIpc) is 2.79. The molecular weight excluding hydrogens is 310 g/mol. The molecule has 0 spiro atoms. The minimum absolute atomic E-state index is 0.0676. The molecule has 23 heavy (non-hydrogen) atoms. The van der Waals surface area contributed by atoms with Crippen LogP contribution in [0.4, 0.5) is 0 Å². The van der Waals surface area contributed by atoms with Gasteiger partial charge in [0.15, 0.2) is 0 Å². The van der Waals surface area contributed by atoms with E-state index in [1.54, 1.807) is 6.07 Å². The smallest absolute Gasteiger partial charge is 0.275 e. The van der Waals surface area contributed by atoms with E-state index in [0.717, 1.165) is 36.8 Å². The van der Waals surface area contributed by atoms with E-state index in [2.05, 4.69) is 34.0 Å². The number of fused-ring (bicyclic) bond motifs is 1. The Morgan fingerprint density at radius 2 is 2.17 bits per heavy atom. The predicted molar refractivity (Wildman–Crippen MR) is 93.1 cm³/mol. The molecule has 0 aromatic carbocycles. The summed E-state index contributed by atoms with van der Waals surface area (Å²) in [4.78, 5) is 22.3. The largest absolute Gasteiger partial charge is 0.306 e. The summed E-state index contributed by atoms with van der Waals surface area (Å²) in [6, 6.07) is 2.30. The van der Waals surface area contributed by atoms with Crippen LogP contribution in [0.2, 0.25) is 0 Å². The first-order valence-corrected chi connectivity index (χ1v) is 9.16. The Morgan fingerprint density at radius 1 is 1.35 bits per heavy atom. The summed E-state index contributed by atoms with van der Waals surface area (Å²) in [6.07, 6.45) is 4.45. The third-order valence-electron chi connectivity index (χ3n) is 4.55. The van der Waals surface area contributed by atoms with E-state index in [0.29, 0.717) is 11.0 Å². The summed E-state index contributed by atoms with van der Waals surface area (Å²) in [5, 5.41) is 5.26. The molecule has 0 N–H and O–H groups in total. The highest BCUT2D eigenvalue weighted by molar-refractivity contribution is 7.16. The molecule has 0 amide bonds. The minimum Gasteiger partial charge on any atom is -0.306 e. The van der Waals surface area contributed by atoms with E-state index >= 15 is 0 Å². The van der Waals surface area contributed by atoms with Gasteiger partial charge in [0, 0.05) is 25.2 Å². The van der Waals surface area contributed by atoms with E-state index in [4.69, 9.17) is 0 Å². The van der Waals surface area contributed by atoms with Crippen LogP contribution in [0.3, 0.4) is 0 Å². The number of rotatable bonds is 4. The van der Waals surface area contributed by atoms with Crippen LogP contribution < -0.4 is 5.56 Å². The van der Waals surface area contributed by atoms with Gasteiger partial charge in [-0.15, -0.1) is 0 Å². The van der Waals surface area contributed by atoms with Gasteiger partial charge in [-0.3, -0.25) is 9.69 Å². The molecule has 0 bridgehead atoms. The second-order valence-electron chi connectivity index (χ2n) is 6.45. The van der Waals surface area contributed by atoms with Crippen LogP contribution in [0, 0.1) is 0 Å². The first-order chi connectivity index (χ1) is 11.1. The van der Waals surface area contributed by atoms with Crippen LogP contribution in [0.15, 0.2) is 10.9 Å². The molecule has 1 atom stereocenters. The van der Waals surface area contributed by atoms with Crippen LogP contribution in [0.1, 0.15) is 36.9 Å². The Balaban J connectivity index is 1.75. The Morgan fingerprint density at radius 3 is 2.91 bits per heavy atom. The fourth-order valence-electron chi connectivity index (χ4n) is 3.16. The average molecular weight is 335 g/mol. The molecule has 0 saturated carbocycles. The molecule has 2 aromatic heterocycles. The monoisotopic (exact) mass is 335 g/mol. The predicted octanol–water partition coefficient (Wildman–Crippen LogP) is 1.63. The zero-order chi connectivity index (χ0) is 16.4. The first kappa shape index (κ1) is 16.5.